The predicted octanol–water partition coefficient (Wildman–Crippen LogP) is 1.86. The first-order chi connectivity index (χ1) is 30.8. The maximum atomic E-state index is 12.9. The largest absolute Gasteiger partial charge is 0.481 e. The molecule has 0 spiro atoms. The van der Waals surface area contributed by atoms with Gasteiger partial charge in [0.2, 0.25) is 11.8 Å². The Labute approximate surface area is 376 Å². The molecule has 0 aromatic carbocycles. The molecule has 1 heterocycles. The molecule has 21 nitrogen and oxygen atoms in total. The van der Waals surface area contributed by atoms with Crippen LogP contribution in [0.1, 0.15) is 72.6 Å². The van der Waals surface area contributed by atoms with Gasteiger partial charge in [-0.25, -0.2) is 4.79 Å². The Hall–Kier alpha value is -4.06. The maximum absolute atomic E-state index is 12.9. The Morgan fingerprint density at radius 1 is 0.703 bits per heavy atom. The van der Waals surface area contributed by atoms with Crippen LogP contribution in [0, 0.1) is 5.92 Å². The van der Waals surface area contributed by atoms with E-state index in [0.717, 1.165) is 10.6 Å². The summed E-state index contributed by atoms with van der Waals surface area (Å²) in [6.07, 6.45) is 5.50. The van der Waals surface area contributed by atoms with Gasteiger partial charge in [0.1, 0.15) is 11.6 Å². The third kappa shape index (κ3) is 28.0. The van der Waals surface area contributed by atoms with Crippen molar-refractivity contribution in [2.45, 2.75) is 84.3 Å². The number of ether oxygens (including phenoxy) is 9. The highest BCUT2D eigenvalue weighted by Crippen LogP contribution is 2.31. The van der Waals surface area contributed by atoms with Gasteiger partial charge in [-0.3, -0.25) is 28.8 Å². The van der Waals surface area contributed by atoms with Gasteiger partial charge in [0.15, 0.2) is 0 Å². The van der Waals surface area contributed by atoms with Crippen LogP contribution < -0.4 is 16.0 Å². The number of imide groups is 1. The number of unbranched alkanes of at least 4 members (excludes halogenated alkanes) is 1. The number of aliphatic carboxylic acids is 1. The van der Waals surface area contributed by atoms with E-state index >= 15 is 0 Å². The fraction of sp³-hybridized carbons (Fsp3) is 0.767. The highest BCUT2D eigenvalue weighted by Gasteiger charge is 2.34. The average molecular weight is 917 g/mol. The van der Waals surface area contributed by atoms with Gasteiger partial charge >= 0.3 is 12.1 Å². The molecule has 5 amide bonds. The summed E-state index contributed by atoms with van der Waals surface area (Å²) in [6, 6.07) is -0.844. The molecule has 366 valence electrons. The number of hydrogen-bond acceptors (Lipinski definition) is 16. The number of allylic oxidation sites excluding steroid dienone is 1. The zero-order valence-electron chi connectivity index (χ0n) is 38.1. The number of nitrogens with zero attached hydrogens (tertiary/aromatic N) is 1. The molecule has 1 unspecified atom stereocenters. The van der Waals surface area contributed by atoms with Gasteiger partial charge in [-0.2, -0.15) is 0 Å². The minimum absolute atomic E-state index is 0.0477. The van der Waals surface area contributed by atoms with Crippen LogP contribution in [0.5, 0.6) is 0 Å². The second kappa shape index (κ2) is 34.3. The molecule has 0 aromatic heterocycles. The molecule has 0 saturated carbocycles. The van der Waals surface area contributed by atoms with Crippen LogP contribution in [0.15, 0.2) is 23.3 Å². The van der Waals surface area contributed by atoms with Crippen molar-refractivity contribution in [2.75, 3.05) is 125 Å². The first kappa shape index (κ1) is 56.1. The zero-order chi connectivity index (χ0) is 46.8. The maximum Gasteiger partial charge on any atom is 0.408 e. The number of hydroxylamine groups is 2. The molecule has 0 aromatic rings. The fourth-order valence-corrected chi connectivity index (χ4v) is 5.86. The third-order valence-electron chi connectivity index (χ3n) is 8.96. The minimum atomic E-state index is -0.911. The molecule has 0 bridgehead atoms. The zero-order valence-corrected chi connectivity index (χ0v) is 38.1. The van der Waals surface area contributed by atoms with Crippen molar-refractivity contribution in [2.24, 2.45) is 5.92 Å². The number of hydrogen-bond donors (Lipinski definition) is 4. The molecule has 2 aliphatic rings. The fourth-order valence-electron chi connectivity index (χ4n) is 5.86. The van der Waals surface area contributed by atoms with E-state index in [2.05, 4.69) is 16.0 Å². The van der Waals surface area contributed by atoms with E-state index in [1.165, 1.54) is 0 Å². The first-order valence-corrected chi connectivity index (χ1v) is 22.0. The molecule has 0 radical (unpaired) electrons. The van der Waals surface area contributed by atoms with Crippen LogP contribution in [0.3, 0.4) is 0 Å². The SMILES string of the molecule is CC1C=CC2=C(CC(=O)N(OCCOCCOCCOCCOCCC(=O)NCCCC[C@H](NC(=O)OC(C)(C)C)C(=O)NCCOCCOCCOCCOCCC(=O)O)C2=O)C1. The van der Waals surface area contributed by atoms with E-state index < -0.39 is 29.6 Å². The number of carboxylic acids is 1. The molecule has 1 aliphatic heterocycles. The smallest absolute Gasteiger partial charge is 0.408 e. The number of alkyl carbamates (subject to hydrolysis) is 1. The van der Waals surface area contributed by atoms with E-state index in [9.17, 15) is 28.8 Å². The number of rotatable bonds is 38. The number of carbonyl (C=O) groups excluding carboxylic acids is 5. The van der Waals surface area contributed by atoms with E-state index in [1.807, 2.05) is 13.0 Å². The molecule has 21 heteroatoms. The Bertz CT molecular complexity index is 1450. The van der Waals surface area contributed by atoms with Crippen LogP contribution in [0.4, 0.5) is 4.79 Å². The Kier molecular flexibility index (Phi) is 30.1. The molecule has 4 N–H and O–H groups in total. The Morgan fingerprint density at radius 2 is 1.22 bits per heavy atom. The van der Waals surface area contributed by atoms with E-state index in [1.54, 1.807) is 26.8 Å². The van der Waals surface area contributed by atoms with Crippen LogP contribution >= 0.6 is 0 Å². The van der Waals surface area contributed by atoms with Gasteiger partial charge in [-0.1, -0.05) is 19.1 Å². The summed E-state index contributed by atoms with van der Waals surface area (Å²) in [5, 5.41) is 17.6. The summed E-state index contributed by atoms with van der Waals surface area (Å²) in [4.78, 5) is 78.4. The van der Waals surface area contributed by atoms with Crippen molar-refractivity contribution in [1.29, 1.82) is 0 Å². The van der Waals surface area contributed by atoms with Gasteiger partial charge in [-0.05, 0) is 57.9 Å². The summed E-state index contributed by atoms with van der Waals surface area (Å²) in [6.45, 7) is 12.7. The standard InChI is InChI=1S/C43H72N4O17/c1-33-8-9-35-34(31-33)32-38(49)47(41(35)53)63-30-29-62-28-27-61-26-24-58-20-17-55-14-10-37(48)44-12-6-5-7-36(46-42(54)64-43(2,3)4)40(52)45-13-16-57-19-22-60-25-23-59-21-18-56-15-11-39(50)51/h8-9,33,36H,5-7,10-32H2,1-4H3,(H,44,48)(H,45,52)(H,46,54)(H,50,51)/t33?,36-/m0/s1. The highest BCUT2D eigenvalue weighted by molar-refractivity contribution is 6.09. The average Bonchev–Trinajstić information content (AvgIpc) is 3.23. The van der Waals surface area contributed by atoms with Crippen molar-refractivity contribution >= 4 is 35.7 Å². The first-order valence-electron chi connectivity index (χ1n) is 22.0. The van der Waals surface area contributed by atoms with Crippen LogP contribution in [-0.2, 0) is 71.4 Å². The van der Waals surface area contributed by atoms with Crippen LogP contribution in [0.25, 0.3) is 0 Å². The summed E-state index contributed by atoms with van der Waals surface area (Å²) in [7, 11) is 0. The number of amides is 5. The van der Waals surface area contributed by atoms with Gasteiger partial charge in [-0.15, -0.1) is 5.06 Å². The minimum Gasteiger partial charge on any atom is -0.481 e. The highest BCUT2D eigenvalue weighted by atomic mass is 16.7. The van der Waals surface area contributed by atoms with Crippen molar-refractivity contribution < 1.29 is 81.3 Å². The second-order valence-electron chi connectivity index (χ2n) is 15.7. The lowest BCUT2D eigenvalue weighted by atomic mass is 9.86. The van der Waals surface area contributed by atoms with Gasteiger partial charge in [0.05, 0.1) is 125 Å². The quantitative estimate of drug-likeness (QED) is 0.0509. The van der Waals surface area contributed by atoms with Crippen molar-refractivity contribution in [1.82, 2.24) is 21.0 Å². The molecular formula is C43H72N4O17. The third-order valence-corrected chi connectivity index (χ3v) is 8.96. The molecule has 0 saturated heterocycles. The molecule has 2 rings (SSSR count). The van der Waals surface area contributed by atoms with Gasteiger partial charge < -0.3 is 63.7 Å². The molecule has 0 fully saturated rings. The molecule has 64 heavy (non-hydrogen) atoms. The summed E-state index contributed by atoms with van der Waals surface area (Å²) < 4.78 is 48.6. The van der Waals surface area contributed by atoms with E-state index in [-0.39, 0.29) is 76.6 Å². The lowest BCUT2D eigenvalue weighted by Gasteiger charge is -2.29. The van der Waals surface area contributed by atoms with Gasteiger partial charge in [0.25, 0.3) is 11.8 Å². The molecular weight excluding hydrogens is 844 g/mol. The topological polar surface area (TPSA) is 254 Å². The lowest BCUT2D eigenvalue weighted by Crippen LogP contribution is -2.48. The second-order valence-corrected chi connectivity index (χ2v) is 15.7. The van der Waals surface area contributed by atoms with E-state index in [4.69, 9.17) is 52.6 Å². The Morgan fingerprint density at radius 3 is 1.77 bits per heavy atom. The number of carboxylic acid groups (broad SMARTS) is 1. The summed E-state index contributed by atoms with van der Waals surface area (Å²) in [5.41, 5.74) is 0.662. The monoisotopic (exact) mass is 916 g/mol. The number of carbonyl (C=O) groups is 6. The van der Waals surface area contributed by atoms with E-state index in [0.29, 0.717) is 123 Å². The van der Waals surface area contributed by atoms with Crippen LogP contribution in [-0.4, -0.2) is 183 Å². The summed E-state index contributed by atoms with van der Waals surface area (Å²) in [5.74, 6) is -1.95. The van der Waals surface area contributed by atoms with Gasteiger partial charge in [0, 0.05) is 25.1 Å². The lowest BCUT2D eigenvalue weighted by molar-refractivity contribution is -0.196. The molecule has 2 atom stereocenters. The Balaban J connectivity index is 1.43. The molecule has 1 aliphatic carbocycles. The van der Waals surface area contributed by atoms with Crippen molar-refractivity contribution in [3.63, 3.8) is 0 Å². The number of nitrogens with one attached hydrogen (secondary N) is 3. The van der Waals surface area contributed by atoms with Crippen molar-refractivity contribution in [3.8, 4) is 0 Å². The predicted molar refractivity (Wildman–Crippen MR) is 229 cm³/mol. The van der Waals surface area contributed by atoms with Crippen LogP contribution in [0.2, 0.25) is 0 Å². The normalized spacial score (nSPS) is 15.6. The summed E-state index contributed by atoms with van der Waals surface area (Å²) >= 11 is 0. The van der Waals surface area contributed by atoms with Crippen molar-refractivity contribution in [3.05, 3.63) is 23.3 Å².